The van der Waals surface area contributed by atoms with Crippen LogP contribution in [0.3, 0.4) is 0 Å². The summed E-state index contributed by atoms with van der Waals surface area (Å²) >= 11 is 13.2. The first-order chi connectivity index (χ1) is 8.52. The largest absolute Gasteiger partial charge is 0.336 e. The van der Waals surface area contributed by atoms with Crippen molar-refractivity contribution < 1.29 is 4.79 Å². The average Bonchev–Trinajstić information content (AvgIpc) is 2.68. The monoisotopic (exact) mass is 306 g/mol. The molecule has 1 amide bonds. The maximum Gasteiger partial charge on any atom is 0.256 e. The van der Waals surface area contributed by atoms with Gasteiger partial charge in [-0.15, -0.1) is 11.3 Å². The van der Waals surface area contributed by atoms with Crippen LogP contribution in [0.1, 0.15) is 30.1 Å². The lowest BCUT2D eigenvalue weighted by atomic mass is 9.93. The van der Waals surface area contributed by atoms with Crippen molar-refractivity contribution >= 4 is 40.4 Å². The molecule has 2 N–H and O–H groups in total. The number of hydrogen-bond donors (Lipinski definition) is 1. The summed E-state index contributed by atoms with van der Waals surface area (Å²) in [4.78, 5) is 14.3. The van der Waals surface area contributed by atoms with Crippen molar-refractivity contribution in [2.24, 2.45) is 11.7 Å². The highest BCUT2D eigenvalue weighted by atomic mass is 35.5. The summed E-state index contributed by atoms with van der Waals surface area (Å²) in [6.07, 6.45) is 2.07. The Morgan fingerprint density at radius 2 is 2.28 bits per heavy atom. The van der Waals surface area contributed by atoms with Gasteiger partial charge in [0.25, 0.3) is 5.91 Å². The lowest BCUT2D eigenvalue weighted by molar-refractivity contribution is 0.0567. The number of thiophene rings is 1. The molecule has 0 bridgehead atoms. The molecule has 0 spiro atoms. The molecule has 1 aliphatic heterocycles. The van der Waals surface area contributed by atoms with Gasteiger partial charge in [-0.3, -0.25) is 4.79 Å². The van der Waals surface area contributed by atoms with E-state index >= 15 is 0 Å². The molecule has 1 aromatic heterocycles. The predicted molar refractivity (Wildman–Crippen MR) is 76.6 cm³/mol. The van der Waals surface area contributed by atoms with Gasteiger partial charge >= 0.3 is 0 Å². The van der Waals surface area contributed by atoms with Crippen molar-refractivity contribution in [2.45, 2.75) is 25.8 Å². The van der Waals surface area contributed by atoms with Gasteiger partial charge in [0.05, 0.1) is 9.90 Å². The second kappa shape index (κ2) is 5.78. The molecule has 1 saturated heterocycles. The molecular formula is C12H16Cl2N2OS. The Kier molecular flexibility index (Phi) is 4.54. The molecule has 6 heteroatoms. The second-order valence-corrected chi connectivity index (χ2v) is 7.01. The van der Waals surface area contributed by atoms with Gasteiger partial charge in [-0.2, -0.15) is 0 Å². The maximum absolute atomic E-state index is 12.5. The molecule has 2 rings (SSSR count). The summed E-state index contributed by atoms with van der Waals surface area (Å²) in [5.41, 5.74) is 6.21. The highest BCUT2D eigenvalue weighted by Gasteiger charge is 2.30. The third-order valence-electron chi connectivity index (χ3n) is 3.46. The fraction of sp³-hybridized carbons (Fsp3) is 0.583. The fourth-order valence-electron chi connectivity index (χ4n) is 2.30. The fourth-order valence-corrected chi connectivity index (χ4v) is 3.75. The standard InChI is InChI=1S/C12H16Cl2N2OS/c1-7-2-3-8(5-15)6-16(7)12(17)9-4-10(13)18-11(9)14/h4,7-8H,2-3,5-6,15H2,1H3. The number of amides is 1. The van der Waals surface area contributed by atoms with Crippen molar-refractivity contribution in [3.63, 3.8) is 0 Å². The third kappa shape index (κ3) is 2.82. The Morgan fingerprint density at radius 3 is 2.83 bits per heavy atom. The lowest BCUT2D eigenvalue weighted by Crippen LogP contribution is -2.47. The molecule has 2 atom stereocenters. The van der Waals surface area contributed by atoms with Gasteiger partial charge < -0.3 is 10.6 Å². The van der Waals surface area contributed by atoms with E-state index in [1.165, 1.54) is 11.3 Å². The van der Waals surface area contributed by atoms with Crippen molar-refractivity contribution in [1.82, 2.24) is 4.90 Å². The van der Waals surface area contributed by atoms with Gasteiger partial charge in [0, 0.05) is 12.6 Å². The summed E-state index contributed by atoms with van der Waals surface area (Å²) in [5, 5.41) is 0. The molecule has 2 unspecified atom stereocenters. The minimum absolute atomic E-state index is 0.0335. The molecule has 0 aliphatic carbocycles. The van der Waals surface area contributed by atoms with Gasteiger partial charge in [0.1, 0.15) is 4.34 Å². The minimum Gasteiger partial charge on any atom is -0.336 e. The number of rotatable bonds is 2. The lowest BCUT2D eigenvalue weighted by Gasteiger charge is -2.37. The van der Waals surface area contributed by atoms with Gasteiger partial charge in [-0.05, 0) is 38.3 Å². The van der Waals surface area contributed by atoms with Gasteiger partial charge in [0.15, 0.2) is 0 Å². The zero-order valence-corrected chi connectivity index (χ0v) is 12.5. The first kappa shape index (κ1) is 14.1. The molecule has 2 heterocycles. The number of hydrogen-bond acceptors (Lipinski definition) is 3. The summed E-state index contributed by atoms with van der Waals surface area (Å²) in [7, 11) is 0. The highest BCUT2D eigenvalue weighted by Crippen LogP contribution is 2.33. The Hall–Kier alpha value is -0.290. The number of nitrogens with two attached hydrogens (primary N) is 1. The molecule has 1 fully saturated rings. The van der Waals surface area contributed by atoms with Crippen LogP contribution in [0.5, 0.6) is 0 Å². The van der Waals surface area contributed by atoms with Crippen molar-refractivity contribution in [2.75, 3.05) is 13.1 Å². The van der Waals surface area contributed by atoms with Crippen LogP contribution in [-0.2, 0) is 0 Å². The number of carbonyl (C=O) groups excluding carboxylic acids is 1. The van der Waals surface area contributed by atoms with Gasteiger partial charge in [-0.25, -0.2) is 0 Å². The van der Waals surface area contributed by atoms with Crippen molar-refractivity contribution in [1.29, 1.82) is 0 Å². The summed E-state index contributed by atoms with van der Waals surface area (Å²) in [6.45, 7) is 3.39. The summed E-state index contributed by atoms with van der Waals surface area (Å²) in [5.74, 6) is 0.354. The molecule has 0 radical (unpaired) electrons. The minimum atomic E-state index is -0.0335. The van der Waals surface area contributed by atoms with Crippen LogP contribution in [-0.4, -0.2) is 29.9 Å². The normalized spacial score (nSPS) is 24.3. The zero-order valence-electron chi connectivity index (χ0n) is 10.2. The first-order valence-electron chi connectivity index (χ1n) is 5.98. The van der Waals surface area contributed by atoms with Gasteiger partial charge in [-0.1, -0.05) is 23.2 Å². The Morgan fingerprint density at radius 1 is 1.56 bits per heavy atom. The SMILES string of the molecule is CC1CCC(CN)CN1C(=O)c1cc(Cl)sc1Cl. The Bertz CT molecular complexity index is 449. The summed E-state index contributed by atoms with van der Waals surface area (Å²) < 4.78 is 1.01. The van der Waals surface area contributed by atoms with Crippen molar-refractivity contribution in [3.05, 3.63) is 20.3 Å². The van der Waals surface area contributed by atoms with Crippen LogP contribution in [0, 0.1) is 5.92 Å². The maximum atomic E-state index is 12.5. The van der Waals surface area contributed by atoms with Crippen LogP contribution >= 0.6 is 34.5 Å². The summed E-state index contributed by atoms with van der Waals surface area (Å²) in [6, 6.07) is 1.88. The van der Waals surface area contributed by atoms with Gasteiger partial charge in [0.2, 0.25) is 0 Å². The Labute approximate surface area is 121 Å². The first-order valence-corrected chi connectivity index (χ1v) is 7.56. The molecule has 100 valence electrons. The van der Waals surface area contributed by atoms with E-state index in [4.69, 9.17) is 28.9 Å². The van der Waals surface area contributed by atoms with E-state index in [9.17, 15) is 4.79 Å². The molecular weight excluding hydrogens is 291 g/mol. The van der Waals surface area contributed by atoms with Crippen molar-refractivity contribution in [3.8, 4) is 0 Å². The third-order valence-corrected chi connectivity index (χ3v) is 4.95. The molecule has 1 aromatic rings. The molecule has 1 aliphatic rings. The predicted octanol–water partition coefficient (Wildman–Crippen LogP) is 3.25. The number of halogens is 2. The molecule has 0 aromatic carbocycles. The second-order valence-electron chi connectivity index (χ2n) is 4.72. The molecule has 18 heavy (non-hydrogen) atoms. The quantitative estimate of drug-likeness (QED) is 0.911. The van der Waals surface area contributed by atoms with E-state index in [1.807, 2.05) is 4.90 Å². The van der Waals surface area contributed by atoms with Crippen LogP contribution in [0.15, 0.2) is 6.07 Å². The molecule has 0 saturated carbocycles. The topological polar surface area (TPSA) is 46.3 Å². The van der Waals surface area contributed by atoms with E-state index in [0.717, 1.165) is 12.8 Å². The van der Waals surface area contributed by atoms with E-state index in [0.29, 0.717) is 33.2 Å². The van der Waals surface area contributed by atoms with Crippen LogP contribution in [0.25, 0.3) is 0 Å². The van der Waals surface area contributed by atoms with Crippen LogP contribution in [0.2, 0.25) is 8.67 Å². The molecule has 3 nitrogen and oxygen atoms in total. The van der Waals surface area contributed by atoms with Crippen LogP contribution in [0.4, 0.5) is 0 Å². The van der Waals surface area contributed by atoms with E-state index < -0.39 is 0 Å². The number of nitrogens with zero attached hydrogens (tertiary/aromatic N) is 1. The number of piperidine rings is 1. The number of likely N-dealkylation sites (tertiary alicyclic amines) is 1. The van der Waals surface area contributed by atoms with E-state index in [-0.39, 0.29) is 11.9 Å². The number of carbonyl (C=O) groups is 1. The Balaban J connectivity index is 2.19. The van der Waals surface area contributed by atoms with Crippen LogP contribution < -0.4 is 5.73 Å². The van der Waals surface area contributed by atoms with E-state index in [2.05, 4.69) is 6.92 Å². The highest BCUT2D eigenvalue weighted by molar-refractivity contribution is 7.20. The average molecular weight is 307 g/mol. The van der Waals surface area contributed by atoms with E-state index in [1.54, 1.807) is 6.07 Å². The zero-order chi connectivity index (χ0) is 13.3. The smallest absolute Gasteiger partial charge is 0.256 e.